The van der Waals surface area contributed by atoms with Crippen LogP contribution in [-0.2, 0) is 17.5 Å². The van der Waals surface area contributed by atoms with E-state index in [0.29, 0.717) is 23.6 Å². The Kier molecular flexibility index (Phi) is 6.30. The molecule has 1 spiro atoms. The van der Waals surface area contributed by atoms with E-state index in [1.54, 1.807) is 0 Å². The first-order chi connectivity index (χ1) is 12.9. The van der Waals surface area contributed by atoms with Gasteiger partial charge in [0.15, 0.2) is 11.7 Å². The highest BCUT2D eigenvalue weighted by molar-refractivity contribution is 7.09. The minimum atomic E-state index is -4.41. The van der Waals surface area contributed by atoms with Crippen LogP contribution in [0.4, 0.5) is 13.2 Å². The number of aliphatic imine (C=N–C) groups is 1. The molecule has 2 unspecified atom stereocenters. The van der Waals surface area contributed by atoms with Crippen LogP contribution in [0.5, 0.6) is 0 Å². The van der Waals surface area contributed by atoms with E-state index in [1.807, 2.05) is 13.8 Å². The van der Waals surface area contributed by atoms with Gasteiger partial charge in [-0.3, -0.25) is 0 Å². The summed E-state index contributed by atoms with van der Waals surface area (Å²) >= 11 is 0.987. The van der Waals surface area contributed by atoms with Crippen molar-refractivity contribution in [1.82, 2.24) is 15.6 Å². The number of nitrogens with one attached hydrogen (secondary N) is 2. The first-order valence-corrected chi connectivity index (χ1v) is 10.4. The first kappa shape index (κ1) is 20.4. The second-order valence-electron chi connectivity index (χ2n) is 7.14. The van der Waals surface area contributed by atoms with Crippen LogP contribution in [0.3, 0.4) is 0 Å². The Hall–Kier alpha value is -1.35. The van der Waals surface area contributed by atoms with Gasteiger partial charge in [0.05, 0.1) is 12.6 Å². The van der Waals surface area contributed by atoms with Gasteiger partial charge in [-0.1, -0.05) is 12.8 Å². The third kappa shape index (κ3) is 4.39. The Morgan fingerprint density at radius 3 is 2.70 bits per heavy atom. The lowest BCUT2D eigenvalue weighted by atomic mass is 9.60. The fourth-order valence-electron chi connectivity index (χ4n) is 4.23. The number of aromatic nitrogens is 1. The van der Waals surface area contributed by atoms with Crippen LogP contribution in [0.2, 0.25) is 0 Å². The van der Waals surface area contributed by atoms with E-state index >= 15 is 0 Å². The zero-order valence-electron chi connectivity index (χ0n) is 15.7. The molecular formula is C18H27F3N4OS. The molecule has 2 atom stereocenters. The molecule has 2 aliphatic rings. The summed E-state index contributed by atoms with van der Waals surface area (Å²) in [6, 6.07) is 0.288. The zero-order chi connectivity index (χ0) is 19.5. The van der Waals surface area contributed by atoms with Crippen molar-refractivity contribution in [3.8, 4) is 0 Å². The normalized spacial score (nSPS) is 24.9. The van der Waals surface area contributed by atoms with E-state index in [1.165, 1.54) is 12.8 Å². The summed E-state index contributed by atoms with van der Waals surface area (Å²) < 4.78 is 44.0. The van der Waals surface area contributed by atoms with Crippen molar-refractivity contribution in [2.24, 2.45) is 10.4 Å². The fourth-order valence-corrected chi connectivity index (χ4v) is 4.96. The zero-order valence-corrected chi connectivity index (χ0v) is 16.6. The highest BCUT2D eigenvalue weighted by Crippen LogP contribution is 2.54. The van der Waals surface area contributed by atoms with Gasteiger partial charge in [0.25, 0.3) is 0 Å². The quantitative estimate of drug-likeness (QED) is 0.557. The van der Waals surface area contributed by atoms with E-state index in [0.717, 1.165) is 42.6 Å². The lowest BCUT2D eigenvalue weighted by Crippen LogP contribution is -2.65. The highest BCUT2D eigenvalue weighted by Gasteiger charge is 2.56. The molecule has 9 heteroatoms. The molecule has 2 aliphatic carbocycles. The van der Waals surface area contributed by atoms with Crippen LogP contribution in [0.15, 0.2) is 10.4 Å². The maximum absolute atomic E-state index is 12.7. The van der Waals surface area contributed by atoms with Gasteiger partial charge in [0.1, 0.15) is 5.01 Å². The largest absolute Gasteiger partial charge is 0.434 e. The van der Waals surface area contributed by atoms with Gasteiger partial charge in [-0.25, -0.2) is 9.98 Å². The molecule has 152 valence electrons. The van der Waals surface area contributed by atoms with E-state index in [2.05, 4.69) is 20.6 Å². The summed E-state index contributed by atoms with van der Waals surface area (Å²) in [4.78, 5) is 8.11. The number of hydrogen-bond acceptors (Lipinski definition) is 4. The number of hydrogen-bond donors (Lipinski definition) is 2. The predicted molar refractivity (Wildman–Crippen MR) is 99.8 cm³/mol. The number of rotatable bonds is 6. The molecule has 0 radical (unpaired) electrons. The van der Waals surface area contributed by atoms with Crippen LogP contribution in [0.25, 0.3) is 0 Å². The highest BCUT2D eigenvalue weighted by atomic mass is 32.1. The molecule has 1 aromatic rings. The lowest BCUT2D eigenvalue weighted by Gasteiger charge is -2.54. The maximum atomic E-state index is 12.7. The molecule has 0 aromatic carbocycles. The predicted octanol–water partition coefficient (Wildman–Crippen LogP) is 3.95. The minimum Gasteiger partial charge on any atom is -0.378 e. The third-order valence-electron chi connectivity index (χ3n) is 5.56. The number of halogens is 3. The van der Waals surface area contributed by atoms with Gasteiger partial charge in [-0.15, -0.1) is 11.3 Å². The number of ether oxygens (including phenoxy) is 1. The van der Waals surface area contributed by atoms with E-state index in [-0.39, 0.29) is 18.0 Å². The van der Waals surface area contributed by atoms with E-state index in [4.69, 9.17) is 4.74 Å². The monoisotopic (exact) mass is 404 g/mol. The van der Waals surface area contributed by atoms with Gasteiger partial charge >= 0.3 is 6.18 Å². The number of alkyl halides is 3. The van der Waals surface area contributed by atoms with Gasteiger partial charge in [0, 0.05) is 30.0 Å². The molecule has 1 heterocycles. The average Bonchev–Trinajstić information content (AvgIpc) is 3.29. The summed E-state index contributed by atoms with van der Waals surface area (Å²) in [6.45, 7) is 5.53. The topological polar surface area (TPSA) is 58.5 Å². The molecule has 0 saturated heterocycles. The molecule has 2 saturated carbocycles. The average molecular weight is 405 g/mol. The molecule has 27 heavy (non-hydrogen) atoms. The number of guanidine groups is 1. The second kappa shape index (κ2) is 8.34. The summed E-state index contributed by atoms with van der Waals surface area (Å²) in [7, 11) is 0. The van der Waals surface area contributed by atoms with Crippen molar-refractivity contribution in [1.29, 1.82) is 0 Å². The van der Waals surface area contributed by atoms with Crippen LogP contribution in [0, 0.1) is 5.41 Å². The van der Waals surface area contributed by atoms with Gasteiger partial charge < -0.3 is 15.4 Å². The van der Waals surface area contributed by atoms with Crippen molar-refractivity contribution in [3.05, 3.63) is 16.1 Å². The van der Waals surface area contributed by atoms with E-state index in [9.17, 15) is 13.2 Å². The van der Waals surface area contributed by atoms with Gasteiger partial charge in [-0.05, 0) is 33.1 Å². The van der Waals surface area contributed by atoms with Gasteiger partial charge in [-0.2, -0.15) is 13.2 Å². The molecular weight excluding hydrogens is 377 g/mol. The summed E-state index contributed by atoms with van der Waals surface area (Å²) in [6.07, 6.45) is 1.55. The Morgan fingerprint density at radius 2 is 2.11 bits per heavy atom. The van der Waals surface area contributed by atoms with Crippen molar-refractivity contribution < 1.29 is 17.9 Å². The molecule has 5 nitrogen and oxygen atoms in total. The SMILES string of the molecule is CCNC(=NCc1nc(C(F)(F)F)cs1)NC1CC(OCC)C12CCCC2. The number of thiazole rings is 1. The standard InChI is InChI=1S/C18H27F3N4OS/c1-3-22-16(23-10-15-24-13(11-27-15)18(19,20)21)25-12-9-14(26-4-2)17(12)7-5-6-8-17/h11-12,14H,3-10H2,1-2H3,(H2,22,23,25). The molecule has 0 aliphatic heterocycles. The molecule has 3 rings (SSSR count). The van der Waals surface area contributed by atoms with Crippen LogP contribution >= 0.6 is 11.3 Å². The minimum absolute atomic E-state index is 0.130. The molecule has 1 aromatic heterocycles. The van der Waals surface area contributed by atoms with Crippen molar-refractivity contribution >= 4 is 17.3 Å². The van der Waals surface area contributed by atoms with Crippen LogP contribution in [0.1, 0.15) is 56.7 Å². The van der Waals surface area contributed by atoms with Crippen molar-refractivity contribution in [2.45, 2.75) is 70.8 Å². The second-order valence-corrected chi connectivity index (χ2v) is 8.08. The Morgan fingerprint density at radius 1 is 1.37 bits per heavy atom. The maximum Gasteiger partial charge on any atom is 0.434 e. The van der Waals surface area contributed by atoms with Crippen molar-refractivity contribution in [2.75, 3.05) is 13.2 Å². The number of nitrogens with zero attached hydrogens (tertiary/aromatic N) is 2. The summed E-state index contributed by atoms with van der Waals surface area (Å²) in [5.74, 6) is 0.632. The summed E-state index contributed by atoms with van der Waals surface area (Å²) in [5.41, 5.74) is -0.685. The smallest absolute Gasteiger partial charge is 0.378 e. The molecule has 2 fully saturated rings. The van der Waals surface area contributed by atoms with Gasteiger partial charge in [0.2, 0.25) is 0 Å². The molecule has 2 N–H and O–H groups in total. The first-order valence-electron chi connectivity index (χ1n) is 9.57. The Balaban J connectivity index is 1.65. The third-order valence-corrected chi connectivity index (χ3v) is 6.39. The van der Waals surface area contributed by atoms with Crippen LogP contribution in [-0.4, -0.2) is 36.2 Å². The van der Waals surface area contributed by atoms with Crippen LogP contribution < -0.4 is 10.6 Å². The molecule has 0 bridgehead atoms. The van der Waals surface area contributed by atoms with Crippen molar-refractivity contribution in [3.63, 3.8) is 0 Å². The Bertz CT molecular complexity index is 655. The molecule has 0 amide bonds. The lowest BCUT2D eigenvalue weighted by molar-refractivity contribution is -0.140. The van der Waals surface area contributed by atoms with E-state index < -0.39 is 11.9 Å². The Labute approximate surface area is 161 Å². The fraction of sp³-hybridized carbons (Fsp3) is 0.778. The summed E-state index contributed by atoms with van der Waals surface area (Å²) in [5, 5.41) is 8.09.